The van der Waals surface area contributed by atoms with E-state index in [4.69, 9.17) is 10.4 Å². The van der Waals surface area contributed by atoms with Crippen molar-refractivity contribution in [1.29, 1.82) is 5.26 Å². The Morgan fingerprint density at radius 2 is 2.29 bits per heavy atom. The standard InChI is InChI=1S/C12H13FN2O2/c1-8(5-6-14)15(2)11-4-3-9(12(16)17)7-10(11)13/h3-4,7-8H,5H2,1-2H3,(H,16,17). The third-order valence-corrected chi connectivity index (χ3v) is 2.62. The second-order valence-electron chi connectivity index (χ2n) is 3.79. The Balaban J connectivity index is 3.00. The van der Waals surface area contributed by atoms with E-state index >= 15 is 0 Å². The van der Waals surface area contributed by atoms with E-state index in [0.717, 1.165) is 6.07 Å². The molecule has 0 radical (unpaired) electrons. The van der Waals surface area contributed by atoms with Crippen molar-refractivity contribution < 1.29 is 14.3 Å². The quantitative estimate of drug-likeness (QED) is 0.870. The summed E-state index contributed by atoms with van der Waals surface area (Å²) < 4.78 is 13.7. The number of nitrogens with zero attached hydrogens (tertiary/aromatic N) is 2. The molecule has 1 rings (SSSR count). The molecule has 5 heteroatoms. The van der Waals surface area contributed by atoms with E-state index in [2.05, 4.69) is 0 Å². The van der Waals surface area contributed by atoms with Crippen LogP contribution in [0.25, 0.3) is 0 Å². The van der Waals surface area contributed by atoms with Crippen molar-refractivity contribution in [2.75, 3.05) is 11.9 Å². The van der Waals surface area contributed by atoms with Gasteiger partial charge in [-0.25, -0.2) is 9.18 Å². The summed E-state index contributed by atoms with van der Waals surface area (Å²) in [7, 11) is 1.67. The highest BCUT2D eigenvalue weighted by Crippen LogP contribution is 2.22. The summed E-state index contributed by atoms with van der Waals surface area (Å²) in [5.74, 6) is -1.76. The minimum absolute atomic E-state index is 0.0902. The largest absolute Gasteiger partial charge is 0.478 e. The lowest BCUT2D eigenvalue weighted by atomic mass is 10.1. The van der Waals surface area contributed by atoms with Crippen LogP contribution < -0.4 is 4.90 Å². The average molecular weight is 236 g/mol. The fourth-order valence-electron chi connectivity index (χ4n) is 1.43. The lowest BCUT2D eigenvalue weighted by Gasteiger charge is -2.25. The predicted octanol–water partition coefficient (Wildman–Crippen LogP) is 2.26. The molecule has 1 unspecified atom stereocenters. The molecule has 0 spiro atoms. The van der Waals surface area contributed by atoms with Gasteiger partial charge >= 0.3 is 5.97 Å². The molecular formula is C12H13FN2O2. The van der Waals surface area contributed by atoms with E-state index in [-0.39, 0.29) is 23.7 Å². The van der Waals surface area contributed by atoms with Crippen LogP contribution in [-0.2, 0) is 0 Å². The van der Waals surface area contributed by atoms with Crippen LogP contribution in [-0.4, -0.2) is 24.2 Å². The molecule has 0 saturated heterocycles. The lowest BCUT2D eigenvalue weighted by molar-refractivity contribution is 0.0696. The Labute approximate surface area is 98.9 Å². The summed E-state index contributed by atoms with van der Waals surface area (Å²) in [5, 5.41) is 17.3. The van der Waals surface area contributed by atoms with Crippen LogP contribution in [0.1, 0.15) is 23.7 Å². The Hall–Kier alpha value is -2.09. The molecule has 1 atom stereocenters. The molecule has 90 valence electrons. The Morgan fingerprint density at radius 3 is 2.76 bits per heavy atom. The molecule has 0 aliphatic heterocycles. The van der Waals surface area contributed by atoms with Crippen LogP contribution in [0.15, 0.2) is 18.2 Å². The van der Waals surface area contributed by atoms with Crippen molar-refractivity contribution in [3.8, 4) is 6.07 Å². The van der Waals surface area contributed by atoms with Crippen molar-refractivity contribution in [2.45, 2.75) is 19.4 Å². The van der Waals surface area contributed by atoms with Gasteiger partial charge in [0.25, 0.3) is 0 Å². The second-order valence-corrected chi connectivity index (χ2v) is 3.79. The highest BCUT2D eigenvalue weighted by atomic mass is 19.1. The Kier molecular flexibility index (Phi) is 4.05. The van der Waals surface area contributed by atoms with E-state index in [0.29, 0.717) is 0 Å². The van der Waals surface area contributed by atoms with Crippen LogP contribution in [0, 0.1) is 17.1 Å². The minimum atomic E-state index is -1.16. The third kappa shape index (κ3) is 2.94. The summed E-state index contributed by atoms with van der Waals surface area (Å²) in [5.41, 5.74) is 0.199. The zero-order valence-corrected chi connectivity index (χ0v) is 9.64. The van der Waals surface area contributed by atoms with Gasteiger partial charge in [-0.3, -0.25) is 0 Å². The van der Waals surface area contributed by atoms with Crippen molar-refractivity contribution in [3.05, 3.63) is 29.6 Å². The molecule has 1 N–H and O–H groups in total. The molecule has 17 heavy (non-hydrogen) atoms. The number of carboxylic acids is 1. The average Bonchev–Trinajstić information content (AvgIpc) is 2.28. The van der Waals surface area contributed by atoms with Gasteiger partial charge in [-0.2, -0.15) is 5.26 Å². The van der Waals surface area contributed by atoms with E-state index in [9.17, 15) is 9.18 Å². The third-order valence-electron chi connectivity index (χ3n) is 2.62. The maximum atomic E-state index is 13.7. The van der Waals surface area contributed by atoms with Crippen LogP contribution in [0.2, 0.25) is 0 Å². The maximum absolute atomic E-state index is 13.7. The first kappa shape index (κ1) is 13.0. The zero-order valence-electron chi connectivity index (χ0n) is 9.64. The van der Waals surface area contributed by atoms with Gasteiger partial charge in [0.15, 0.2) is 0 Å². The summed E-state index contributed by atoms with van der Waals surface area (Å²) in [6, 6.07) is 5.61. The fourth-order valence-corrected chi connectivity index (χ4v) is 1.43. The highest BCUT2D eigenvalue weighted by molar-refractivity contribution is 5.88. The van der Waals surface area contributed by atoms with Crippen molar-refractivity contribution >= 4 is 11.7 Å². The number of nitriles is 1. The molecule has 0 bridgehead atoms. The van der Waals surface area contributed by atoms with Crippen molar-refractivity contribution in [1.82, 2.24) is 0 Å². The summed E-state index contributed by atoms with van der Waals surface area (Å²) in [4.78, 5) is 12.3. The molecule has 0 fully saturated rings. The predicted molar refractivity (Wildman–Crippen MR) is 61.5 cm³/mol. The van der Waals surface area contributed by atoms with Crippen LogP contribution in [0.5, 0.6) is 0 Å². The normalized spacial score (nSPS) is 11.6. The molecule has 4 nitrogen and oxygen atoms in total. The van der Waals surface area contributed by atoms with E-state index < -0.39 is 11.8 Å². The van der Waals surface area contributed by atoms with Crippen molar-refractivity contribution in [2.24, 2.45) is 0 Å². The zero-order chi connectivity index (χ0) is 13.0. The molecular weight excluding hydrogens is 223 g/mol. The molecule has 0 amide bonds. The van der Waals surface area contributed by atoms with Gasteiger partial charge in [0.1, 0.15) is 5.82 Å². The number of hydrogen-bond donors (Lipinski definition) is 1. The van der Waals surface area contributed by atoms with Crippen LogP contribution >= 0.6 is 0 Å². The monoisotopic (exact) mass is 236 g/mol. The van der Waals surface area contributed by atoms with Crippen LogP contribution in [0.3, 0.4) is 0 Å². The van der Waals surface area contributed by atoms with E-state index in [1.807, 2.05) is 6.07 Å². The number of carbonyl (C=O) groups is 1. The van der Waals surface area contributed by atoms with Crippen LogP contribution in [0.4, 0.5) is 10.1 Å². The van der Waals surface area contributed by atoms with E-state index in [1.165, 1.54) is 12.1 Å². The van der Waals surface area contributed by atoms with Gasteiger partial charge in [-0.15, -0.1) is 0 Å². The van der Waals surface area contributed by atoms with Gasteiger partial charge in [-0.05, 0) is 25.1 Å². The maximum Gasteiger partial charge on any atom is 0.335 e. The Morgan fingerprint density at radius 1 is 1.65 bits per heavy atom. The number of carboxylic acid groups (broad SMARTS) is 1. The SMILES string of the molecule is CC(CC#N)N(C)c1ccc(C(=O)O)cc1F. The Bertz CT molecular complexity index is 468. The fraction of sp³-hybridized carbons (Fsp3) is 0.333. The highest BCUT2D eigenvalue weighted by Gasteiger charge is 2.15. The van der Waals surface area contributed by atoms with Gasteiger partial charge in [0.05, 0.1) is 23.7 Å². The number of halogens is 1. The van der Waals surface area contributed by atoms with Gasteiger partial charge in [0.2, 0.25) is 0 Å². The van der Waals surface area contributed by atoms with Gasteiger partial charge < -0.3 is 10.0 Å². The number of benzene rings is 1. The van der Waals surface area contributed by atoms with Gasteiger partial charge in [-0.1, -0.05) is 0 Å². The topological polar surface area (TPSA) is 64.3 Å². The number of anilines is 1. The number of aromatic carboxylic acids is 1. The molecule has 1 aromatic carbocycles. The molecule has 0 aromatic heterocycles. The van der Waals surface area contributed by atoms with Gasteiger partial charge in [0, 0.05) is 13.1 Å². The first-order chi connectivity index (χ1) is 7.97. The molecule has 0 heterocycles. The molecule has 0 aliphatic rings. The smallest absolute Gasteiger partial charge is 0.335 e. The summed E-state index contributed by atoms with van der Waals surface area (Å²) >= 11 is 0. The second kappa shape index (κ2) is 5.30. The first-order valence-electron chi connectivity index (χ1n) is 5.10. The van der Waals surface area contributed by atoms with E-state index in [1.54, 1.807) is 18.9 Å². The lowest BCUT2D eigenvalue weighted by Crippen LogP contribution is -2.29. The summed E-state index contributed by atoms with van der Waals surface area (Å²) in [6.07, 6.45) is 0.274. The molecule has 1 aromatic rings. The molecule has 0 aliphatic carbocycles. The number of hydrogen-bond acceptors (Lipinski definition) is 3. The molecule has 0 saturated carbocycles. The first-order valence-corrected chi connectivity index (χ1v) is 5.10. The summed E-state index contributed by atoms with van der Waals surface area (Å²) in [6.45, 7) is 1.80. The van der Waals surface area contributed by atoms with Crippen molar-refractivity contribution in [3.63, 3.8) is 0 Å². The number of rotatable bonds is 4. The minimum Gasteiger partial charge on any atom is -0.478 e.